The number of hydrogen-bond acceptors (Lipinski definition) is 6. The molecule has 0 aliphatic rings. The van der Waals surface area contributed by atoms with Gasteiger partial charge in [0, 0.05) is 23.5 Å². The van der Waals surface area contributed by atoms with E-state index < -0.39 is 18.2 Å². The van der Waals surface area contributed by atoms with Crippen molar-refractivity contribution >= 4 is 11.8 Å². The number of nitrogens with zero attached hydrogens (tertiary/aromatic N) is 1. The van der Waals surface area contributed by atoms with Gasteiger partial charge in [-0.3, -0.25) is 14.6 Å². The van der Waals surface area contributed by atoms with E-state index in [1.54, 1.807) is 6.92 Å². The Morgan fingerprint density at radius 1 is 1.37 bits per heavy atom. The lowest BCUT2D eigenvalue weighted by Crippen LogP contribution is -2.23. The molecule has 0 amide bonds. The molecule has 0 aliphatic heterocycles. The fourth-order valence-corrected chi connectivity index (χ4v) is 1.54. The number of rotatable bonds is 6. The summed E-state index contributed by atoms with van der Waals surface area (Å²) in [5.74, 6) is -0.786. The molecule has 2 atom stereocenters. The molecule has 19 heavy (non-hydrogen) atoms. The third kappa shape index (κ3) is 4.42. The standard InChI is InChI=1S/C13H17NO5/c1-3-19-12(17)5-11(16)13(18)10-4-9(8(2)15)6-14-7-10/h4,6-7,11,13,16,18H,3,5H2,1-2H3. The van der Waals surface area contributed by atoms with Crippen LogP contribution in [0.25, 0.3) is 0 Å². The number of Topliss-reactive ketones (excluding diaryl/α,β-unsaturated/α-hetero) is 1. The lowest BCUT2D eigenvalue weighted by atomic mass is 10.0. The fraction of sp³-hybridized carbons (Fsp3) is 0.462. The Morgan fingerprint density at radius 3 is 2.63 bits per heavy atom. The van der Waals surface area contributed by atoms with E-state index in [0.717, 1.165) is 0 Å². The zero-order valence-electron chi connectivity index (χ0n) is 10.9. The predicted octanol–water partition coefficient (Wildman–Crippen LogP) is 0.632. The summed E-state index contributed by atoms with van der Waals surface area (Å²) in [5.41, 5.74) is 0.615. The molecular formula is C13H17NO5. The summed E-state index contributed by atoms with van der Waals surface area (Å²) in [6, 6.07) is 1.44. The van der Waals surface area contributed by atoms with E-state index in [9.17, 15) is 19.8 Å². The summed E-state index contributed by atoms with van der Waals surface area (Å²) in [6.07, 6.45) is -0.208. The fourth-order valence-electron chi connectivity index (χ4n) is 1.54. The van der Waals surface area contributed by atoms with Crippen LogP contribution in [0.3, 0.4) is 0 Å². The van der Waals surface area contributed by atoms with Crippen molar-refractivity contribution < 1.29 is 24.5 Å². The predicted molar refractivity (Wildman–Crippen MR) is 66.5 cm³/mol. The molecule has 6 heteroatoms. The highest BCUT2D eigenvalue weighted by molar-refractivity contribution is 5.93. The van der Waals surface area contributed by atoms with Crippen LogP contribution in [0.1, 0.15) is 42.3 Å². The van der Waals surface area contributed by atoms with E-state index >= 15 is 0 Å². The first-order valence-corrected chi connectivity index (χ1v) is 5.93. The highest BCUT2D eigenvalue weighted by atomic mass is 16.5. The maximum absolute atomic E-state index is 11.2. The zero-order chi connectivity index (χ0) is 14.4. The minimum absolute atomic E-state index is 0.193. The van der Waals surface area contributed by atoms with Gasteiger partial charge in [0.15, 0.2) is 5.78 Å². The minimum atomic E-state index is -1.30. The number of ketones is 1. The van der Waals surface area contributed by atoms with Crippen molar-refractivity contribution in [2.24, 2.45) is 0 Å². The van der Waals surface area contributed by atoms with Gasteiger partial charge in [-0.1, -0.05) is 0 Å². The molecule has 1 aromatic rings. The van der Waals surface area contributed by atoms with Crippen molar-refractivity contribution in [1.82, 2.24) is 4.98 Å². The summed E-state index contributed by atoms with van der Waals surface area (Å²) >= 11 is 0. The number of aliphatic hydroxyl groups is 2. The average molecular weight is 267 g/mol. The van der Waals surface area contributed by atoms with Crippen LogP contribution in [0, 0.1) is 0 Å². The summed E-state index contributed by atoms with van der Waals surface area (Å²) in [5, 5.41) is 19.6. The Kier molecular flexibility index (Phi) is 5.59. The van der Waals surface area contributed by atoms with Crippen molar-refractivity contribution in [3.05, 3.63) is 29.6 Å². The van der Waals surface area contributed by atoms with Gasteiger partial charge in [-0.05, 0) is 19.9 Å². The Labute approximate surface area is 111 Å². The van der Waals surface area contributed by atoms with Gasteiger partial charge >= 0.3 is 5.97 Å². The molecule has 1 heterocycles. The van der Waals surface area contributed by atoms with Crippen molar-refractivity contribution in [3.8, 4) is 0 Å². The number of carbonyl (C=O) groups is 2. The third-order valence-electron chi connectivity index (χ3n) is 2.55. The van der Waals surface area contributed by atoms with Crippen LogP contribution in [-0.2, 0) is 9.53 Å². The molecule has 0 spiro atoms. The topological polar surface area (TPSA) is 96.7 Å². The van der Waals surface area contributed by atoms with Gasteiger partial charge < -0.3 is 14.9 Å². The normalized spacial score (nSPS) is 13.7. The minimum Gasteiger partial charge on any atom is -0.466 e. The number of ether oxygens (including phenoxy) is 1. The van der Waals surface area contributed by atoms with E-state index in [1.807, 2.05) is 0 Å². The monoisotopic (exact) mass is 267 g/mol. The molecule has 1 rings (SSSR count). The van der Waals surface area contributed by atoms with Crippen molar-refractivity contribution in [2.75, 3.05) is 6.61 Å². The molecular weight excluding hydrogens is 250 g/mol. The van der Waals surface area contributed by atoms with Crippen LogP contribution in [0.2, 0.25) is 0 Å². The molecule has 104 valence electrons. The SMILES string of the molecule is CCOC(=O)CC(O)C(O)c1cncc(C(C)=O)c1. The van der Waals surface area contributed by atoms with Crippen LogP contribution < -0.4 is 0 Å². The van der Waals surface area contributed by atoms with Gasteiger partial charge in [0.25, 0.3) is 0 Å². The van der Waals surface area contributed by atoms with Crippen molar-refractivity contribution in [3.63, 3.8) is 0 Å². The van der Waals surface area contributed by atoms with Gasteiger partial charge in [0.2, 0.25) is 0 Å². The van der Waals surface area contributed by atoms with E-state index in [1.165, 1.54) is 25.4 Å². The lowest BCUT2D eigenvalue weighted by molar-refractivity contribution is -0.147. The van der Waals surface area contributed by atoms with Crippen LogP contribution >= 0.6 is 0 Å². The average Bonchev–Trinajstić information content (AvgIpc) is 2.38. The number of esters is 1. The summed E-state index contributed by atoms with van der Waals surface area (Å²) in [6.45, 7) is 3.24. The third-order valence-corrected chi connectivity index (χ3v) is 2.55. The van der Waals surface area contributed by atoms with E-state index in [2.05, 4.69) is 9.72 Å². The number of carbonyl (C=O) groups excluding carboxylic acids is 2. The van der Waals surface area contributed by atoms with Gasteiger partial charge in [-0.2, -0.15) is 0 Å². The Morgan fingerprint density at radius 2 is 2.05 bits per heavy atom. The summed E-state index contributed by atoms with van der Waals surface area (Å²) < 4.78 is 4.68. The molecule has 0 fully saturated rings. The van der Waals surface area contributed by atoms with E-state index in [-0.39, 0.29) is 24.4 Å². The highest BCUT2D eigenvalue weighted by Gasteiger charge is 2.22. The molecule has 0 saturated carbocycles. The Balaban J connectivity index is 2.76. The molecule has 1 aromatic heterocycles. The van der Waals surface area contributed by atoms with Crippen LogP contribution in [0.15, 0.2) is 18.5 Å². The van der Waals surface area contributed by atoms with Crippen LogP contribution in [0.5, 0.6) is 0 Å². The van der Waals surface area contributed by atoms with Crippen molar-refractivity contribution in [1.29, 1.82) is 0 Å². The Hall–Kier alpha value is -1.79. The van der Waals surface area contributed by atoms with Crippen LogP contribution in [-0.4, -0.2) is 39.7 Å². The second-order valence-electron chi connectivity index (χ2n) is 4.08. The maximum Gasteiger partial charge on any atom is 0.308 e. The second-order valence-corrected chi connectivity index (χ2v) is 4.08. The molecule has 0 saturated heterocycles. The Bertz CT molecular complexity index is 460. The summed E-state index contributed by atoms with van der Waals surface area (Å²) in [4.78, 5) is 26.2. The van der Waals surface area contributed by atoms with Crippen molar-refractivity contribution in [2.45, 2.75) is 32.5 Å². The molecule has 2 N–H and O–H groups in total. The number of pyridine rings is 1. The number of aromatic nitrogens is 1. The molecule has 2 unspecified atom stereocenters. The largest absolute Gasteiger partial charge is 0.466 e. The molecule has 0 radical (unpaired) electrons. The van der Waals surface area contributed by atoms with E-state index in [0.29, 0.717) is 5.56 Å². The zero-order valence-corrected chi connectivity index (χ0v) is 10.9. The smallest absolute Gasteiger partial charge is 0.308 e. The molecule has 0 bridgehead atoms. The lowest BCUT2D eigenvalue weighted by Gasteiger charge is -2.17. The van der Waals surface area contributed by atoms with Gasteiger partial charge in [0.05, 0.1) is 19.1 Å². The number of aliphatic hydroxyl groups excluding tert-OH is 2. The quantitative estimate of drug-likeness (QED) is 0.579. The molecule has 0 aliphatic carbocycles. The van der Waals surface area contributed by atoms with Gasteiger partial charge in [-0.25, -0.2) is 0 Å². The first-order chi connectivity index (χ1) is 8.95. The summed E-state index contributed by atoms with van der Waals surface area (Å²) in [7, 11) is 0. The van der Waals surface area contributed by atoms with Crippen LogP contribution in [0.4, 0.5) is 0 Å². The second kappa shape index (κ2) is 6.96. The molecule has 6 nitrogen and oxygen atoms in total. The first kappa shape index (κ1) is 15.3. The highest BCUT2D eigenvalue weighted by Crippen LogP contribution is 2.19. The maximum atomic E-state index is 11.2. The first-order valence-electron chi connectivity index (χ1n) is 5.93. The van der Waals surface area contributed by atoms with E-state index in [4.69, 9.17) is 0 Å². The molecule has 0 aromatic carbocycles. The van der Waals surface area contributed by atoms with Gasteiger partial charge in [-0.15, -0.1) is 0 Å². The number of hydrogen-bond donors (Lipinski definition) is 2. The van der Waals surface area contributed by atoms with Gasteiger partial charge in [0.1, 0.15) is 6.10 Å².